The van der Waals surface area contributed by atoms with Gasteiger partial charge in [0.1, 0.15) is 0 Å². The Morgan fingerprint density at radius 3 is 0.657 bits per heavy atom. The Morgan fingerprint density at radius 1 is 0.271 bits per heavy atom. The number of halogens is 39. The molecule has 0 heterocycles. The quantitative estimate of drug-likeness (QED) is 0.0486. The van der Waals surface area contributed by atoms with E-state index in [1.165, 1.54) is 0 Å². The third kappa shape index (κ3) is 11.1. The SMILES string of the molecule is FC(F)(F)C(F)(F)C(F)(F)C(F)(F)C(F)(F)C(F)(F)CCCC(=C[CH]([Sn])CCCC(F)(F)C(F)(F)C(F)(F)C(F)(F)C(F)(F)C(F)(F)F)CCCC(F)(F)C(F)(F)C(F)(F)C(F)(F)C(F)(F)C(F)(F)F. The molecule has 0 aromatic rings. The second-order valence-electron chi connectivity index (χ2n) is 14.5. The molecule has 1 atom stereocenters. The van der Waals surface area contributed by atoms with E-state index >= 15 is 0 Å². The smallest absolute Gasteiger partial charge is 0.165 e. The van der Waals surface area contributed by atoms with Gasteiger partial charge in [0.15, 0.2) is 0 Å². The molecule has 0 aromatic heterocycles. The van der Waals surface area contributed by atoms with E-state index in [1.807, 2.05) is 0 Å². The fourth-order valence-corrected chi connectivity index (χ4v) is 6.41. The van der Waals surface area contributed by atoms with Crippen LogP contribution in [0.4, 0.5) is 171 Å². The van der Waals surface area contributed by atoms with Gasteiger partial charge in [0.05, 0.1) is 0 Å². The van der Waals surface area contributed by atoms with Crippen molar-refractivity contribution in [1.29, 1.82) is 0 Å². The van der Waals surface area contributed by atoms with Crippen molar-refractivity contribution < 1.29 is 171 Å². The van der Waals surface area contributed by atoms with Crippen LogP contribution in [0, 0.1) is 0 Å². The zero-order valence-corrected chi connectivity index (χ0v) is 35.1. The van der Waals surface area contributed by atoms with Crippen molar-refractivity contribution >= 4 is 22.5 Å². The standard InChI is InChI=1S/C30H20F39.Sn/c31-13(32,16(37,38)19(43,44)22(49,50)25(55,56)28(61,62)63)9-3-1-2-6-12(7-4-10-14(33,34)17(39,40)20(45,46)23(51,52)26(57,58)29(64,65)66)8-5-11-15(35,36)18(41,42)21(47,48)24(53,54)27(59,60)30(67,68)69;/h2,6H,1,3-5,7-11H2;. The maximum absolute atomic E-state index is 14.3. The number of hydrogen-bond acceptors (Lipinski definition) is 0. The van der Waals surface area contributed by atoms with Gasteiger partial charge in [0.2, 0.25) is 0 Å². The predicted octanol–water partition coefficient (Wildman–Crippen LogP) is 16.6. The zero-order valence-electron chi connectivity index (χ0n) is 32.3. The van der Waals surface area contributed by atoms with Crippen LogP contribution in [0.25, 0.3) is 0 Å². The second kappa shape index (κ2) is 19.5. The van der Waals surface area contributed by atoms with Crippen LogP contribution in [0.2, 0.25) is 3.93 Å². The summed E-state index contributed by atoms with van der Waals surface area (Å²) in [7, 11) is 0. The van der Waals surface area contributed by atoms with Crippen molar-refractivity contribution in [2.24, 2.45) is 0 Å². The number of alkyl halides is 39. The molecule has 0 N–H and O–H groups in total. The van der Waals surface area contributed by atoms with Crippen LogP contribution in [-0.4, -0.2) is 130 Å². The van der Waals surface area contributed by atoms with Gasteiger partial charge < -0.3 is 0 Å². The molecule has 0 aromatic carbocycles. The number of rotatable bonds is 25. The van der Waals surface area contributed by atoms with E-state index in [-0.39, 0.29) is 6.08 Å². The van der Waals surface area contributed by atoms with Crippen LogP contribution in [0.1, 0.15) is 57.8 Å². The zero-order chi connectivity index (χ0) is 57.2. The number of hydrogen-bond donors (Lipinski definition) is 0. The van der Waals surface area contributed by atoms with Gasteiger partial charge in [-0.2, -0.15) is 26.3 Å². The van der Waals surface area contributed by atoms with Crippen LogP contribution in [-0.2, 0) is 0 Å². The van der Waals surface area contributed by atoms with Crippen LogP contribution >= 0.6 is 0 Å². The topological polar surface area (TPSA) is 0 Å². The molecule has 0 aliphatic rings. The van der Waals surface area contributed by atoms with E-state index < -0.39 is 197 Å². The normalized spacial score (nSPS) is 16.7. The summed E-state index contributed by atoms with van der Waals surface area (Å²) in [5.74, 6) is -120. The van der Waals surface area contributed by atoms with Gasteiger partial charge >= 0.3 is 348 Å². The molecular weight excluding hydrogens is 1220 g/mol. The molecule has 417 valence electrons. The van der Waals surface area contributed by atoms with E-state index in [9.17, 15) is 171 Å². The van der Waals surface area contributed by atoms with Gasteiger partial charge in [-0.05, 0) is 0 Å². The van der Waals surface area contributed by atoms with E-state index in [2.05, 4.69) is 0 Å². The molecule has 0 saturated carbocycles. The van der Waals surface area contributed by atoms with Crippen LogP contribution < -0.4 is 0 Å². The molecule has 40 heteroatoms. The van der Waals surface area contributed by atoms with E-state index in [0.29, 0.717) is 0 Å². The summed E-state index contributed by atoms with van der Waals surface area (Å²) in [5, 5.41) is 0. The Morgan fingerprint density at radius 2 is 0.457 bits per heavy atom. The van der Waals surface area contributed by atoms with Crippen LogP contribution in [0.5, 0.6) is 0 Å². The van der Waals surface area contributed by atoms with Crippen molar-refractivity contribution in [3.63, 3.8) is 0 Å². The molecule has 0 spiro atoms. The van der Waals surface area contributed by atoms with Gasteiger partial charge in [0.25, 0.3) is 0 Å². The molecule has 0 nitrogen and oxygen atoms in total. The van der Waals surface area contributed by atoms with Crippen molar-refractivity contribution in [3.8, 4) is 0 Å². The summed E-state index contributed by atoms with van der Waals surface area (Å²) in [6.45, 7) is 0. The van der Waals surface area contributed by atoms with Crippen LogP contribution in [0.15, 0.2) is 11.6 Å². The summed E-state index contributed by atoms with van der Waals surface area (Å²) in [6.07, 6.45) is -44.7. The Labute approximate surface area is 374 Å². The minimum absolute atomic E-state index is 0.0487. The fraction of sp³-hybridized carbons (Fsp3) is 0.933. The monoisotopic (exact) mass is 1240 g/mol. The van der Waals surface area contributed by atoms with Crippen molar-refractivity contribution in [1.82, 2.24) is 0 Å². The van der Waals surface area contributed by atoms with Gasteiger partial charge in [0, 0.05) is 0 Å². The van der Waals surface area contributed by atoms with Gasteiger partial charge in [-0.15, -0.1) is 0 Å². The number of allylic oxidation sites excluding steroid dienone is 2. The van der Waals surface area contributed by atoms with Crippen molar-refractivity contribution in [2.45, 2.75) is 169 Å². The van der Waals surface area contributed by atoms with Crippen LogP contribution in [0.3, 0.4) is 0 Å². The second-order valence-corrected chi connectivity index (χ2v) is 16.6. The first-order valence-corrected chi connectivity index (χ1v) is 18.9. The molecule has 0 aliphatic heterocycles. The Balaban J connectivity index is 7.03. The summed E-state index contributed by atoms with van der Waals surface area (Å²) < 4.78 is 521. The van der Waals surface area contributed by atoms with E-state index in [1.54, 1.807) is 0 Å². The molecule has 0 rings (SSSR count). The molecule has 0 fully saturated rings. The Kier molecular flexibility index (Phi) is 18.9. The molecule has 0 amide bonds. The Bertz CT molecular complexity index is 1690. The minimum atomic E-state index is -8.49. The molecule has 3 radical (unpaired) electrons. The first-order chi connectivity index (χ1) is 29.9. The molecule has 1 unspecified atom stereocenters. The molecule has 70 heavy (non-hydrogen) atoms. The minimum Gasteiger partial charge on any atom is -0.165 e. The molecule has 0 saturated heterocycles. The average molecular weight is 1240 g/mol. The molecule has 0 aliphatic carbocycles. The third-order valence-electron chi connectivity index (χ3n) is 9.42. The van der Waals surface area contributed by atoms with Crippen molar-refractivity contribution in [2.75, 3.05) is 0 Å². The average Bonchev–Trinajstić information content (AvgIpc) is 3.12. The third-order valence-corrected chi connectivity index (χ3v) is 10.7. The van der Waals surface area contributed by atoms with Crippen molar-refractivity contribution in [3.05, 3.63) is 11.6 Å². The summed E-state index contributed by atoms with van der Waals surface area (Å²) in [5.41, 5.74) is -1.36. The molecule has 0 bridgehead atoms. The van der Waals surface area contributed by atoms with Gasteiger partial charge in [-0.1, -0.05) is 0 Å². The maximum atomic E-state index is 14.3. The summed E-state index contributed by atoms with van der Waals surface area (Å²) in [4.78, 5) is 0. The summed E-state index contributed by atoms with van der Waals surface area (Å²) >= 11 is -0.468. The van der Waals surface area contributed by atoms with E-state index in [0.717, 1.165) is 0 Å². The molecular formula is C30H20F39Sn. The van der Waals surface area contributed by atoms with Gasteiger partial charge in [-0.3, -0.25) is 0 Å². The first kappa shape index (κ1) is 67.8. The Hall–Kier alpha value is -2.19. The summed E-state index contributed by atoms with van der Waals surface area (Å²) in [6, 6.07) is 0. The predicted molar refractivity (Wildman–Crippen MR) is 152 cm³/mol. The van der Waals surface area contributed by atoms with E-state index in [4.69, 9.17) is 0 Å². The fourth-order valence-electron chi connectivity index (χ4n) is 5.16. The first-order valence-electron chi connectivity index (χ1n) is 17.2. The van der Waals surface area contributed by atoms with Gasteiger partial charge in [-0.25, -0.2) is 0 Å².